The first-order chi connectivity index (χ1) is 8.43. The fourth-order valence-corrected chi connectivity index (χ4v) is 1.46. The Morgan fingerprint density at radius 2 is 2.00 bits per heavy atom. The van der Waals surface area contributed by atoms with E-state index in [0.717, 1.165) is 0 Å². The molecule has 2 N–H and O–H groups in total. The van der Waals surface area contributed by atoms with Crippen molar-refractivity contribution >= 4 is 11.7 Å². The van der Waals surface area contributed by atoms with Gasteiger partial charge in [-0.2, -0.15) is 0 Å². The minimum Gasteiger partial charge on any atom is -0.331 e. The number of nitrogens with zero attached hydrogens (tertiary/aromatic N) is 3. The second-order valence-corrected chi connectivity index (χ2v) is 4.36. The van der Waals surface area contributed by atoms with Gasteiger partial charge in [0.25, 0.3) is 0 Å². The number of nitrogens with two attached hydrogens (primary N) is 1. The number of aromatic nitrogens is 2. The standard InChI is InChI=1S/C12H18N4O2/c1-8(2)16(12(18)9(3)13)7-11(17)10-6-14-4-5-15-10/h4-6,8-9H,7,13H2,1-3H3. The van der Waals surface area contributed by atoms with Crippen molar-refractivity contribution < 1.29 is 9.59 Å². The summed E-state index contributed by atoms with van der Waals surface area (Å²) < 4.78 is 0. The zero-order valence-electron chi connectivity index (χ0n) is 10.8. The summed E-state index contributed by atoms with van der Waals surface area (Å²) in [6, 6.07) is -0.717. The fourth-order valence-electron chi connectivity index (χ4n) is 1.46. The van der Waals surface area contributed by atoms with Crippen LogP contribution in [0.3, 0.4) is 0 Å². The molecule has 1 unspecified atom stereocenters. The number of rotatable bonds is 5. The Morgan fingerprint density at radius 1 is 1.33 bits per heavy atom. The first-order valence-electron chi connectivity index (χ1n) is 5.78. The van der Waals surface area contributed by atoms with Crippen molar-refractivity contribution in [1.82, 2.24) is 14.9 Å². The van der Waals surface area contributed by atoms with Crippen molar-refractivity contribution in [3.63, 3.8) is 0 Å². The van der Waals surface area contributed by atoms with Crippen molar-refractivity contribution in [2.24, 2.45) is 5.73 Å². The second-order valence-electron chi connectivity index (χ2n) is 4.36. The Morgan fingerprint density at radius 3 is 2.44 bits per heavy atom. The van der Waals surface area contributed by atoms with Gasteiger partial charge in [-0.25, -0.2) is 4.98 Å². The molecule has 0 bridgehead atoms. The Kier molecular flexibility index (Phi) is 4.91. The maximum absolute atomic E-state index is 11.9. The molecule has 6 heteroatoms. The number of Topliss-reactive ketones (excluding diaryl/α,β-unsaturated/α-hetero) is 1. The minimum absolute atomic E-state index is 0.0310. The minimum atomic E-state index is -0.623. The van der Waals surface area contributed by atoms with Gasteiger partial charge >= 0.3 is 0 Å². The monoisotopic (exact) mass is 250 g/mol. The van der Waals surface area contributed by atoms with Crippen molar-refractivity contribution in [2.75, 3.05) is 6.54 Å². The van der Waals surface area contributed by atoms with E-state index >= 15 is 0 Å². The second kappa shape index (κ2) is 6.20. The van der Waals surface area contributed by atoms with E-state index in [1.165, 1.54) is 23.5 Å². The van der Waals surface area contributed by atoms with Crippen LogP contribution in [0, 0.1) is 0 Å². The molecule has 0 saturated heterocycles. The third kappa shape index (κ3) is 3.59. The largest absolute Gasteiger partial charge is 0.331 e. The van der Waals surface area contributed by atoms with E-state index in [1.807, 2.05) is 13.8 Å². The molecule has 1 aromatic heterocycles. The molecule has 0 aliphatic heterocycles. The Bertz CT molecular complexity index is 417. The number of carbonyl (C=O) groups is 2. The Balaban J connectivity index is 2.79. The van der Waals surface area contributed by atoms with Crippen LogP contribution in [0.15, 0.2) is 18.6 Å². The number of hydrogen-bond donors (Lipinski definition) is 1. The van der Waals surface area contributed by atoms with Crippen molar-refractivity contribution in [2.45, 2.75) is 32.9 Å². The van der Waals surface area contributed by atoms with E-state index in [2.05, 4.69) is 9.97 Å². The third-order valence-electron chi connectivity index (χ3n) is 2.46. The molecule has 18 heavy (non-hydrogen) atoms. The molecule has 1 aromatic rings. The highest BCUT2D eigenvalue weighted by Gasteiger charge is 2.23. The van der Waals surface area contributed by atoms with Crippen LogP contribution in [-0.4, -0.2) is 45.2 Å². The van der Waals surface area contributed by atoms with Gasteiger partial charge in [-0.05, 0) is 20.8 Å². The van der Waals surface area contributed by atoms with E-state index in [-0.39, 0.29) is 30.0 Å². The molecule has 1 atom stereocenters. The lowest BCUT2D eigenvalue weighted by Gasteiger charge is -2.27. The fraction of sp³-hybridized carbons (Fsp3) is 0.500. The molecule has 0 radical (unpaired) electrons. The highest BCUT2D eigenvalue weighted by Crippen LogP contribution is 2.04. The average Bonchev–Trinajstić information content (AvgIpc) is 2.35. The summed E-state index contributed by atoms with van der Waals surface area (Å²) in [5.74, 6) is -0.493. The van der Waals surface area contributed by atoms with E-state index in [4.69, 9.17) is 5.73 Å². The van der Waals surface area contributed by atoms with Gasteiger partial charge in [0.2, 0.25) is 11.7 Å². The molecule has 0 aliphatic carbocycles. The van der Waals surface area contributed by atoms with Crippen molar-refractivity contribution in [1.29, 1.82) is 0 Å². The van der Waals surface area contributed by atoms with Crippen LogP contribution in [0.5, 0.6) is 0 Å². The van der Waals surface area contributed by atoms with Crippen LogP contribution >= 0.6 is 0 Å². The van der Waals surface area contributed by atoms with Gasteiger partial charge in [0, 0.05) is 18.4 Å². The summed E-state index contributed by atoms with van der Waals surface area (Å²) in [5, 5.41) is 0. The molecule has 1 rings (SSSR count). The van der Waals surface area contributed by atoms with Gasteiger partial charge in [-0.15, -0.1) is 0 Å². The van der Waals surface area contributed by atoms with Crippen LogP contribution in [0.25, 0.3) is 0 Å². The van der Waals surface area contributed by atoms with Gasteiger partial charge in [0.1, 0.15) is 5.69 Å². The summed E-state index contributed by atoms with van der Waals surface area (Å²) >= 11 is 0. The maximum Gasteiger partial charge on any atom is 0.239 e. The first kappa shape index (κ1) is 14.2. The van der Waals surface area contributed by atoms with Gasteiger partial charge in [0.15, 0.2) is 0 Å². The van der Waals surface area contributed by atoms with Crippen LogP contribution in [0.2, 0.25) is 0 Å². The maximum atomic E-state index is 11.9. The van der Waals surface area contributed by atoms with E-state index in [1.54, 1.807) is 6.92 Å². The zero-order chi connectivity index (χ0) is 13.7. The lowest BCUT2D eigenvalue weighted by Crippen LogP contribution is -2.47. The number of ketones is 1. The quantitative estimate of drug-likeness (QED) is 0.756. The SMILES string of the molecule is CC(N)C(=O)N(CC(=O)c1cnccn1)C(C)C. The molecule has 0 saturated carbocycles. The summed E-state index contributed by atoms with van der Waals surface area (Å²) in [5.41, 5.74) is 5.81. The van der Waals surface area contributed by atoms with Gasteiger partial charge < -0.3 is 10.6 Å². The molecular formula is C12H18N4O2. The highest BCUT2D eigenvalue weighted by atomic mass is 16.2. The molecule has 6 nitrogen and oxygen atoms in total. The first-order valence-corrected chi connectivity index (χ1v) is 5.78. The Hall–Kier alpha value is -1.82. The molecule has 0 fully saturated rings. The number of amides is 1. The van der Waals surface area contributed by atoms with E-state index in [9.17, 15) is 9.59 Å². The van der Waals surface area contributed by atoms with E-state index in [0.29, 0.717) is 0 Å². The van der Waals surface area contributed by atoms with Crippen LogP contribution in [-0.2, 0) is 4.79 Å². The lowest BCUT2D eigenvalue weighted by molar-refractivity contribution is -0.133. The Labute approximate surface area is 106 Å². The molecule has 98 valence electrons. The molecule has 0 aliphatic rings. The molecular weight excluding hydrogens is 232 g/mol. The summed E-state index contributed by atoms with van der Waals surface area (Å²) in [6.07, 6.45) is 4.32. The van der Waals surface area contributed by atoms with Gasteiger partial charge in [0.05, 0.1) is 18.8 Å². The molecule has 0 spiro atoms. The van der Waals surface area contributed by atoms with Crippen LogP contribution in [0.4, 0.5) is 0 Å². The average molecular weight is 250 g/mol. The van der Waals surface area contributed by atoms with Crippen molar-refractivity contribution in [3.8, 4) is 0 Å². The summed E-state index contributed by atoms with van der Waals surface area (Å²) in [7, 11) is 0. The third-order valence-corrected chi connectivity index (χ3v) is 2.46. The van der Waals surface area contributed by atoms with Crippen molar-refractivity contribution in [3.05, 3.63) is 24.3 Å². The lowest BCUT2D eigenvalue weighted by atomic mass is 10.2. The predicted molar refractivity (Wildman–Crippen MR) is 66.9 cm³/mol. The van der Waals surface area contributed by atoms with Gasteiger partial charge in [-0.1, -0.05) is 0 Å². The highest BCUT2D eigenvalue weighted by molar-refractivity contribution is 5.98. The normalized spacial score (nSPS) is 12.3. The number of hydrogen-bond acceptors (Lipinski definition) is 5. The molecule has 1 amide bonds. The predicted octanol–water partition coefficient (Wildman–Crippen LogP) is 0.244. The van der Waals surface area contributed by atoms with Gasteiger partial charge in [-0.3, -0.25) is 14.6 Å². The topological polar surface area (TPSA) is 89.2 Å². The zero-order valence-corrected chi connectivity index (χ0v) is 10.8. The van der Waals surface area contributed by atoms with Crippen LogP contribution in [0.1, 0.15) is 31.3 Å². The smallest absolute Gasteiger partial charge is 0.239 e. The number of carbonyl (C=O) groups excluding carboxylic acids is 2. The summed E-state index contributed by atoms with van der Waals surface area (Å²) in [6.45, 7) is 5.25. The molecule has 0 aromatic carbocycles. The van der Waals surface area contributed by atoms with Crippen LogP contribution < -0.4 is 5.73 Å². The molecule has 1 heterocycles. The van der Waals surface area contributed by atoms with E-state index < -0.39 is 6.04 Å². The summed E-state index contributed by atoms with van der Waals surface area (Å²) in [4.78, 5) is 33.0.